The highest BCUT2D eigenvalue weighted by atomic mass is 32.2. The molecule has 0 spiro atoms. The van der Waals surface area contributed by atoms with Crippen LogP contribution in [0.3, 0.4) is 0 Å². The Balaban J connectivity index is 1.57. The van der Waals surface area contributed by atoms with E-state index in [-0.39, 0.29) is 0 Å². The molecule has 2 aliphatic heterocycles. The molecule has 0 radical (unpaired) electrons. The lowest BCUT2D eigenvalue weighted by Gasteiger charge is -2.32. The van der Waals surface area contributed by atoms with Gasteiger partial charge in [0.25, 0.3) is 0 Å². The molecule has 0 aromatic heterocycles. The van der Waals surface area contributed by atoms with Gasteiger partial charge in [0.1, 0.15) is 0 Å². The molecule has 3 atom stereocenters. The molecule has 2 fully saturated rings. The Kier molecular flexibility index (Phi) is 5.36. The third-order valence-corrected chi connectivity index (χ3v) is 6.00. The molecule has 0 saturated carbocycles. The summed E-state index contributed by atoms with van der Waals surface area (Å²) in [6, 6.07) is 8.21. The molecule has 2 aliphatic rings. The first kappa shape index (κ1) is 16.9. The molecule has 0 aliphatic carbocycles. The van der Waals surface area contributed by atoms with Crippen molar-refractivity contribution in [1.29, 1.82) is 0 Å². The monoisotopic (exact) mass is 337 g/mol. The van der Waals surface area contributed by atoms with Crippen LogP contribution >= 0.6 is 0 Å². The summed E-state index contributed by atoms with van der Waals surface area (Å²) >= 11 is 0. The minimum absolute atomic E-state index is 0.298. The predicted octanol–water partition coefficient (Wildman–Crippen LogP) is 1.57. The van der Waals surface area contributed by atoms with E-state index in [0.717, 1.165) is 25.9 Å². The van der Waals surface area contributed by atoms with Crippen molar-refractivity contribution in [3.05, 3.63) is 29.8 Å². The molecular formula is C17H27N3O2S. The Labute approximate surface area is 139 Å². The van der Waals surface area contributed by atoms with E-state index in [1.807, 2.05) is 12.1 Å². The maximum atomic E-state index is 11.6. The number of hydrogen-bond acceptors (Lipinski definition) is 5. The van der Waals surface area contributed by atoms with Crippen molar-refractivity contribution in [2.24, 2.45) is 0 Å². The molecule has 2 heterocycles. The average Bonchev–Trinajstić information content (AvgIpc) is 3.06. The van der Waals surface area contributed by atoms with Gasteiger partial charge in [-0.3, -0.25) is 5.32 Å². The maximum Gasteiger partial charge on any atom is 0.175 e. The van der Waals surface area contributed by atoms with Crippen molar-refractivity contribution in [2.45, 2.75) is 55.2 Å². The van der Waals surface area contributed by atoms with Crippen LogP contribution in [0.25, 0.3) is 0 Å². The smallest absolute Gasteiger partial charge is 0.175 e. The highest BCUT2D eigenvalue weighted by Crippen LogP contribution is 2.26. The van der Waals surface area contributed by atoms with Gasteiger partial charge < -0.3 is 10.6 Å². The van der Waals surface area contributed by atoms with E-state index < -0.39 is 9.84 Å². The Bertz CT molecular complexity index is 609. The van der Waals surface area contributed by atoms with Crippen LogP contribution in [0.15, 0.2) is 29.2 Å². The second kappa shape index (κ2) is 7.30. The maximum absolute atomic E-state index is 11.6. The number of piperidine rings is 1. The first-order chi connectivity index (χ1) is 11.0. The molecule has 3 N–H and O–H groups in total. The lowest BCUT2D eigenvalue weighted by atomic mass is 9.96. The zero-order valence-electron chi connectivity index (χ0n) is 13.7. The molecule has 3 rings (SSSR count). The van der Waals surface area contributed by atoms with Crippen LogP contribution in [-0.2, 0) is 9.84 Å². The van der Waals surface area contributed by atoms with E-state index in [9.17, 15) is 8.42 Å². The van der Waals surface area contributed by atoms with Gasteiger partial charge in [-0.15, -0.1) is 0 Å². The van der Waals surface area contributed by atoms with E-state index >= 15 is 0 Å². The topological polar surface area (TPSA) is 70.2 Å². The van der Waals surface area contributed by atoms with Gasteiger partial charge in [0.15, 0.2) is 9.84 Å². The molecule has 6 heteroatoms. The lowest BCUT2D eigenvalue weighted by Crippen LogP contribution is -2.50. The molecule has 1 aromatic rings. The third-order valence-electron chi connectivity index (χ3n) is 4.87. The fourth-order valence-electron chi connectivity index (χ4n) is 3.52. The summed E-state index contributed by atoms with van der Waals surface area (Å²) in [7, 11) is -3.12. The molecule has 2 saturated heterocycles. The van der Waals surface area contributed by atoms with E-state index in [0.29, 0.717) is 23.1 Å². The van der Waals surface area contributed by atoms with Crippen molar-refractivity contribution >= 4 is 9.84 Å². The fraction of sp³-hybridized carbons (Fsp3) is 0.647. The van der Waals surface area contributed by atoms with Gasteiger partial charge in [0, 0.05) is 24.9 Å². The molecule has 0 amide bonds. The lowest BCUT2D eigenvalue weighted by molar-refractivity contribution is 0.277. The first-order valence-electron chi connectivity index (χ1n) is 8.55. The summed E-state index contributed by atoms with van der Waals surface area (Å²) in [6.07, 6.45) is 7.54. The largest absolute Gasteiger partial charge is 0.313 e. The number of rotatable bonds is 5. The Morgan fingerprint density at radius 3 is 2.57 bits per heavy atom. The predicted molar refractivity (Wildman–Crippen MR) is 92.1 cm³/mol. The highest BCUT2D eigenvalue weighted by Gasteiger charge is 2.23. The first-order valence-corrected chi connectivity index (χ1v) is 10.4. The Morgan fingerprint density at radius 2 is 1.91 bits per heavy atom. The number of benzene rings is 1. The molecule has 23 heavy (non-hydrogen) atoms. The molecule has 5 nitrogen and oxygen atoms in total. The van der Waals surface area contributed by atoms with Crippen LogP contribution in [0.4, 0.5) is 0 Å². The number of hydrogen-bond donors (Lipinski definition) is 3. The summed E-state index contributed by atoms with van der Waals surface area (Å²) in [5.41, 5.74) is 1.17. The average molecular weight is 337 g/mol. The third kappa shape index (κ3) is 4.53. The summed E-state index contributed by atoms with van der Waals surface area (Å²) in [5, 5.41) is 10.8. The second-order valence-corrected chi connectivity index (χ2v) is 8.76. The van der Waals surface area contributed by atoms with Gasteiger partial charge >= 0.3 is 0 Å². The van der Waals surface area contributed by atoms with Crippen LogP contribution in [0.5, 0.6) is 0 Å². The van der Waals surface area contributed by atoms with Crippen LogP contribution < -0.4 is 16.0 Å². The summed E-state index contributed by atoms with van der Waals surface area (Å²) in [4.78, 5) is 0.388. The van der Waals surface area contributed by atoms with Crippen molar-refractivity contribution in [3.63, 3.8) is 0 Å². The van der Waals surface area contributed by atoms with Gasteiger partial charge in [-0.1, -0.05) is 12.1 Å². The zero-order valence-corrected chi connectivity index (χ0v) is 14.5. The zero-order chi connectivity index (χ0) is 16.3. The molecule has 1 aromatic carbocycles. The van der Waals surface area contributed by atoms with Crippen molar-refractivity contribution in [3.8, 4) is 0 Å². The van der Waals surface area contributed by atoms with Crippen molar-refractivity contribution in [1.82, 2.24) is 16.0 Å². The quantitative estimate of drug-likeness (QED) is 0.761. The van der Waals surface area contributed by atoms with E-state index in [1.165, 1.54) is 31.1 Å². The van der Waals surface area contributed by atoms with Gasteiger partial charge in [-0.2, -0.15) is 0 Å². The fourth-order valence-corrected chi connectivity index (χ4v) is 4.15. The van der Waals surface area contributed by atoms with E-state index in [1.54, 1.807) is 12.1 Å². The van der Waals surface area contributed by atoms with E-state index in [4.69, 9.17) is 0 Å². The summed E-state index contributed by atoms with van der Waals surface area (Å²) in [6.45, 7) is 2.15. The van der Waals surface area contributed by atoms with E-state index in [2.05, 4.69) is 16.0 Å². The number of nitrogens with one attached hydrogen (secondary N) is 3. The Morgan fingerprint density at radius 1 is 1.13 bits per heavy atom. The minimum Gasteiger partial charge on any atom is -0.313 e. The SMILES string of the molecule is CS(=O)(=O)c1ccc(C2CCCC(NCC3CCCN3)N2)cc1. The minimum atomic E-state index is -3.12. The van der Waals surface area contributed by atoms with Gasteiger partial charge in [0.05, 0.1) is 11.1 Å². The van der Waals surface area contributed by atoms with Gasteiger partial charge in [-0.25, -0.2) is 8.42 Å². The summed E-state index contributed by atoms with van der Waals surface area (Å²) < 4.78 is 23.1. The number of sulfone groups is 1. The molecule has 128 valence electrons. The van der Waals surface area contributed by atoms with Gasteiger partial charge in [-0.05, 0) is 56.3 Å². The molecular weight excluding hydrogens is 310 g/mol. The standard InChI is InChI=1S/C17H27N3O2S/c1-23(21,22)15-9-7-13(8-10-15)16-5-2-6-17(20-16)19-12-14-4-3-11-18-14/h7-10,14,16-20H,2-6,11-12H2,1H3. The van der Waals surface area contributed by atoms with Crippen LogP contribution in [-0.4, -0.2) is 40.0 Å². The van der Waals surface area contributed by atoms with Crippen molar-refractivity contribution in [2.75, 3.05) is 19.3 Å². The highest BCUT2D eigenvalue weighted by molar-refractivity contribution is 7.90. The van der Waals surface area contributed by atoms with Crippen LogP contribution in [0.2, 0.25) is 0 Å². The van der Waals surface area contributed by atoms with Gasteiger partial charge in [0.2, 0.25) is 0 Å². The second-order valence-electron chi connectivity index (χ2n) is 6.75. The normalized spacial score (nSPS) is 28.8. The molecule has 0 bridgehead atoms. The van der Waals surface area contributed by atoms with Crippen molar-refractivity contribution < 1.29 is 8.42 Å². The molecule has 3 unspecified atom stereocenters. The summed E-state index contributed by atoms with van der Waals surface area (Å²) in [5.74, 6) is 0. The Hall–Kier alpha value is -0.950. The van der Waals surface area contributed by atoms with Crippen LogP contribution in [0.1, 0.15) is 43.7 Å². The van der Waals surface area contributed by atoms with Crippen LogP contribution in [0, 0.1) is 0 Å².